The van der Waals surface area contributed by atoms with Gasteiger partial charge in [-0.1, -0.05) is 0 Å². The van der Waals surface area contributed by atoms with Crippen molar-refractivity contribution in [2.45, 2.75) is 18.6 Å². The second-order valence-electron chi connectivity index (χ2n) is 5.09. The first-order chi connectivity index (χ1) is 10.4. The average Bonchev–Trinajstić information content (AvgIpc) is 2.46. The number of phenolic OH excluding ortho intramolecular Hbond substituents is 4. The van der Waals surface area contributed by atoms with Gasteiger partial charge in [-0.05, 0) is 12.1 Å². The number of aliphatic hydroxyl groups excluding tert-OH is 1. The Kier molecular flexibility index (Phi) is 3.22. The summed E-state index contributed by atoms with van der Waals surface area (Å²) in [7, 11) is 0. The van der Waals surface area contributed by atoms with Gasteiger partial charge < -0.3 is 30.3 Å². The van der Waals surface area contributed by atoms with Crippen LogP contribution in [0.3, 0.4) is 0 Å². The number of fused-ring (bicyclic) bond motifs is 1. The van der Waals surface area contributed by atoms with Crippen LogP contribution in [0, 0.1) is 5.82 Å². The van der Waals surface area contributed by atoms with Gasteiger partial charge in [-0.2, -0.15) is 0 Å². The molecular weight excluding hydrogens is 295 g/mol. The predicted octanol–water partition coefficient (Wildman–Crippen LogP) is 1.69. The third-order valence-electron chi connectivity index (χ3n) is 3.62. The van der Waals surface area contributed by atoms with E-state index in [0.29, 0.717) is 5.56 Å². The second-order valence-corrected chi connectivity index (χ2v) is 5.09. The molecule has 6 nitrogen and oxygen atoms in total. The van der Waals surface area contributed by atoms with Crippen LogP contribution in [-0.2, 0) is 6.42 Å². The topological polar surface area (TPSA) is 110 Å². The molecule has 0 saturated carbocycles. The van der Waals surface area contributed by atoms with Crippen LogP contribution in [0.15, 0.2) is 24.3 Å². The number of ether oxygens (including phenoxy) is 1. The van der Waals surface area contributed by atoms with E-state index in [1.807, 2.05) is 0 Å². The second kappa shape index (κ2) is 4.96. The summed E-state index contributed by atoms with van der Waals surface area (Å²) in [4.78, 5) is 0. The van der Waals surface area contributed by atoms with E-state index in [4.69, 9.17) is 4.74 Å². The minimum atomic E-state index is -1.18. The van der Waals surface area contributed by atoms with Crippen molar-refractivity contribution in [3.8, 4) is 28.7 Å². The van der Waals surface area contributed by atoms with Crippen molar-refractivity contribution in [1.82, 2.24) is 0 Å². The Morgan fingerprint density at radius 3 is 2.50 bits per heavy atom. The molecule has 116 valence electrons. The smallest absolute Gasteiger partial charge is 0.194 e. The van der Waals surface area contributed by atoms with Crippen LogP contribution in [0.1, 0.15) is 17.2 Å². The summed E-state index contributed by atoms with van der Waals surface area (Å²) in [5.74, 6) is -3.02. The van der Waals surface area contributed by atoms with Crippen molar-refractivity contribution in [2.75, 3.05) is 0 Å². The lowest BCUT2D eigenvalue weighted by Gasteiger charge is -2.31. The molecule has 5 N–H and O–H groups in total. The number of halogens is 1. The minimum Gasteiger partial charge on any atom is -0.508 e. The summed E-state index contributed by atoms with van der Waals surface area (Å²) in [5.41, 5.74) is 0.154. The molecule has 2 aromatic rings. The minimum absolute atomic E-state index is 0.0206. The summed E-state index contributed by atoms with van der Waals surface area (Å²) in [5, 5.41) is 48.1. The molecular formula is C15H13FO6. The van der Waals surface area contributed by atoms with Gasteiger partial charge in [0.2, 0.25) is 0 Å². The summed E-state index contributed by atoms with van der Waals surface area (Å²) in [6.45, 7) is 0. The maximum Gasteiger partial charge on any atom is 0.194 e. The Labute approximate surface area is 124 Å². The van der Waals surface area contributed by atoms with Crippen molar-refractivity contribution in [1.29, 1.82) is 0 Å². The fraction of sp³-hybridized carbons (Fsp3) is 0.200. The Morgan fingerprint density at radius 2 is 1.77 bits per heavy atom. The lowest BCUT2D eigenvalue weighted by Crippen LogP contribution is -2.31. The number of aromatic hydroxyl groups is 4. The number of benzene rings is 2. The highest BCUT2D eigenvalue weighted by Gasteiger charge is 2.34. The zero-order chi connectivity index (χ0) is 16.0. The number of phenols is 4. The van der Waals surface area contributed by atoms with Gasteiger partial charge in [-0.25, -0.2) is 4.39 Å². The summed E-state index contributed by atoms with van der Waals surface area (Å²) >= 11 is 0. The van der Waals surface area contributed by atoms with Gasteiger partial charge in [-0.15, -0.1) is 0 Å². The fourth-order valence-electron chi connectivity index (χ4n) is 2.52. The first-order valence-corrected chi connectivity index (χ1v) is 6.48. The molecule has 1 aliphatic heterocycles. The zero-order valence-corrected chi connectivity index (χ0v) is 11.2. The molecule has 0 amide bonds. The van der Waals surface area contributed by atoms with Crippen LogP contribution in [0.5, 0.6) is 28.7 Å². The Morgan fingerprint density at radius 1 is 1.05 bits per heavy atom. The molecule has 22 heavy (non-hydrogen) atoms. The van der Waals surface area contributed by atoms with Crippen LogP contribution < -0.4 is 4.74 Å². The Hall–Kier alpha value is -2.67. The molecule has 0 spiro atoms. The first kappa shape index (κ1) is 14.3. The monoisotopic (exact) mass is 308 g/mol. The molecule has 3 rings (SSSR count). The third-order valence-corrected chi connectivity index (χ3v) is 3.62. The van der Waals surface area contributed by atoms with Gasteiger partial charge in [0.25, 0.3) is 0 Å². The molecule has 2 aromatic carbocycles. The average molecular weight is 308 g/mol. The van der Waals surface area contributed by atoms with Crippen LogP contribution in [0.2, 0.25) is 0 Å². The third kappa shape index (κ3) is 2.15. The van der Waals surface area contributed by atoms with E-state index in [1.165, 1.54) is 12.1 Å². The largest absolute Gasteiger partial charge is 0.508 e. The van der Waals surface area contributed by atoms with E-state index in [0.717, 1.165) is 12.1 Å². The van der Waals surface area contributed by atoms with Gasteiger partial charge in [0.05, 0.1) is 6.10 Å². The SMILES string of the molecule is Oc1cc(O)c2c(c1)O[C@H](c1ccc(O)c(O)c1F)[C@H](O)C2. The van der Waals surface area contributed by atoms with E-state index in [-0.39, 0.29) is 29.2 Å². The van der Waals surface area contributed by atoms with E-state index in [1.54, 1.807) is 0 Å². The van der Waals surface area contributed by atoms with Crippen molar-refractivity contribution in [2.24, 2.45) is 0 Å². The molecule has 2 atom stereocenters. The van der Waals surface area contributed by atoms with Crippen LogP contribution in [0.25, 0.3) is 0 Å². The van der Waals surface area contributed by atoms with Crippen molar-refractivity contribution >= 4 is 0 Å². The number of hydrogen-bond acceptors (Lipinski definition) is 6. The van der Waals surface area contributed by atoms with Gasteiger partial charge in [-0.3, -0.25) is 0 Å². The highest BCUT2D eigenvalue weighted by Crippen LogP contribution is 2.43. The van der Waals surface area contributed by atoms with E-state index >= 15 is 0 Å². The molecule has 0 saturated heterocycles. The quantitative estimate of drug-likeness (QED) is 0.513. The fourth-order valence-corrected chi connectivity index (χ4v) is 2.52. The van der Waals surface area contributed by atoms with Gasteiger partial charge >= 0.3 is 0 Å². The predicted molar refractivity (Wildman–Crippen MR) is 72.6 cm³/mol. The standard InChI is InChI=1S/C15H13FO6/c16-13-7(1-2-9(18)14(13)21)15-11(20)5-8-10(19)3-6(17)4-12(8)22-15/h1-4,11,15,17-21H,5H2/t11-,15-/m1/s1. The summed E-state index contributed by atoms with van der Waals surface area (Å²) in [6, 6.07) is 4.62. The molecule has 0 aromatic heterocycles. The van der Waals surface area contributed by atoms with E-state index < -0.39 is 29.5 Å². The van der Waals surface area contributed by atoms with Gasteiger partial charge in [0.1, 0.15) is 17.2 Å². The Bertz CT molecular complexity index is 745. The normalized spacial score (nSPS) is 20.3. The van der Waals surface area contributed by atoms with Gasteiger partial charge in [0, 0.05) is 29.7 Å². The molecule has 0 fully saturated rings. The first-order valence-electron chi connectivity index (χ1n) is 6.48. The lowest BCUT2D eigenvalue weighted by molar-refractivity contribution is 0.0176. The van der Waals surface area contributed by atoms with E-state index in [2.05, 4.69) is 0 Å². The van der Waals surface area contributed by atoms with Crippen molar-refractivity contribution in [3.63, 3.8) is 0 Å². The molecule has 7 heteroatoms. The number of rotatable bonds is 1. The highest BCUT2D eigenvalue weighted by atomic mass is 19.1. The van der Waals surface area contributed by atoms with Crippen molar-refractivity contribution < 1.29 is 34.7 Å². The maximum absolute atomic E-state index is 14.1. The van der Waals surface area contributed by atoms with Crippen LogP contribution in [0.4, 0.5) is 4.39 Å². The highest BCUT2D eigenvalue weighted by molar-refractivity contribution is 5.52. The molecule has 0 aliphatic carbocycles. The lowest BCUT2D eigenvalue weighted by atomic mass is 9.93. The van der Waals surface area contributed by atoms with Crippen molar-refractivity contribution in [3.05, 3.63) is 41.2 Å². The summed E-state index contributed by atoms with van der Waals surface area (Å²) in [6.07, 6.45) is -2.35. The summed E-state index contributed by atoms with van der Waals surface area (Å²) < 4.78 is 19.5. The molecule has 1 aliphatic rings. The van der Waals surface area contributed by atoms with E-state index in [9.17, 15) is 29.9 Å². The number of hydrogen-bond donors (Lipinski definition) is 5. The molecule has 0 radical (unpaired) electrons. The van der Waals surface area contributed by atoms with Crippen LogP contribution in [-0.4, -0.2) is 31.6 Å². The van der Waals surface area contributed by atoms with Gasteiger partial charge in [0.15, 0.2) is 23.4 Å². The van der Waals surface area contributed by atoms with Crippen LogP contribution >= 0.6 is 0 Å². The molecule has 0 bridgehead atoms. The maximum atomic E-state index is 14.1. The number of aliphatic hydroxyl groups is 1. The molecule has 1 heterocycles. The molecule has 0 unspecified atom stereocenters. The Balaban J connectivity index is 2.05. The zero-order valence-electron chi connectivity index (χ0n) is 11.2.